The van der Waals surface area contributed by atoms with Gasteiger partial charge in [0.25, 0.3) is 0 Å². The van der Waals surface area contributed by atoms with Crippen LogP contribution in [0.5, 0.6) is 0 Å². The average molecular weight is 330 g/mol. The molecule has 2 fully saturated rings. The summed E-state index contributed by atoms with van der Waals surface area (Å²) >= 11 is 0. The van der Waals surface area contributed by atoms with E-state index >= 15 is 0 Å². The van der Waals surface area contributed by atoms with Crippen LogP contribution in [0.25, 0.3) is 0 Å². The zero-order valence-electron chi connectivity index (χ0n) is 14.8. The van der Waals surface area contributed by atoms with Crippen molar-refractivity contribution in [3.63, 3.8) is 0 Å². The van der Waals surface area contributed by atoms with Crippen LogP contribution < -0.4 is 0 Å². The molecule has 1 spiro atoms. The molecule has 0 saturated carbocycles. The van der Waals surface area contributed by atoms with Crippen molar-refractivity contribution in [1.82, 2.24) is 0 Å². The first-order valence-electron chi connectivity index (χ1n) is 8.29. The molecular weight excluding hydrogens is 300 g/mol. The van der Waals surface area contributed by atoms with Crippen molar-refractivity contribution in [1.29, 1.82) is 0 Å². The molecule has 0 bridgehead atoms. The van der Waals surface area contributed by atoms with E-state index in [1.165, 1.54) is 0 Å². The minimum atomic E-state index is -1.06. The van der Waals surface area contributed by atoms with E-state index in [1.807, 2.05) is 19.9 Å². The Morgan fingerprint density at radius 3 is 2.61 bits per heavy atom. The highest BCUT2D eigenvalue weighted by molar-refractivity contribution is 4.99. The number of allylic oxidation sites excluding steroid dienone is 1. The van der Waals surface area contributed by atoms with Gasteiger partial charge in [-0.15, -0.1) is 0 Å². The zero-order valence-corrected chi connectivity index (χ0v) is 14.8. The maximum absolute atomic E-state index is 10.1. The number of methoxy groups -OCH3 is 1. The van der Waals surface area contributed by atoms with E-state index in [0.29, 0.717) is 5.92 Å². The number of aliphatic hydroxyl groups excluding tert-OH is 1. The van der Waals surface area contributed by atoms with Crippen molar-refractivity contribution in [2.75, 3.05) is 20.3 Å². The van der Waals surface area contributed by atoms with Crippen LogP contribution in [-0.4, -0.2) is 55.3 Å². The summed E-state index contributed by atoms with van der Waals surface area (Å²) in [5, 5.41) is 10.1. The molecule has 2 rings (SSSR count). The summed E-state index contributed by atoms with van der Waals surface area (Å²) in [4.78, 5) is 0. The second-order valence-corrected chi connectivity index (χ2v) is 7.08. The Morgan fingerprint density at radius 1 is 1.30 bits per heavy atom. The van der Waals surface area contributed by atoms with E-state index in [0.717, 1.165) is 12.8 Å². The van der Waals surface area contributed by atoms with Gasteiger partial charge < -0.3 is 28.8 Å². The molecule has 6 heteroatoms. The van der Waals surface area contributed by atoms with Crippen molar-refractivity contribution in [2.24, 2.45) is 5.92 Å². The van der Waals surface area contributed by atoms with Gasteiger partial charge in [0.1, 0.15) is 18.8 Å². The van der Waals surface area contributed by atoms with Crippen LogP contribution >= 0.6 is 0 Å². The number of aliphatic hydroxyl groups is 1. The van der Waals surface area contributed by atoms with Gasteiger partial charge in [-0.05, 0) is 38.7 Å². The van der Waals surface area contributed by atoms with Gasteiger partial charge in [-0.1, -0.05) is 13.8 Å². The second kappa shape index (κ2) is 7.49. The molecule has 0 aliphatic carbocycles. The Morgan fingerprint density at radius 2 is 2.04 bits per heavy atom. The molecule has 2 aliphatic heterocycles. The third-order valence-corrected chi connectivity index (χ3v) is 4.15. The van der Waals surface area contributed by atoms with E-state index in [4.69, 9.17) is 23.7 Å². The van der Waals surface area contributed by atoms with Crippen molar-refractivity contribution in [2.45, 2.75) is 70.4 Å². The molecule has 23 heavy (non-hydrogen) atoms. The minimum absolute atomic E-state index is 0.120. The predicted octanol–water partition coefficient (Wildman–Crippen LogP) is 2.21. The summed E-state index contributed by atoms with van der Waals surface area (Å²) in [5.41, 5.74) is 0. The van der Waals surface area contributed by atoms with Crippen LogP contribution in [0, 0.1) is 5.92 Å². The van der Waals surface area contributed by atoms with Crippen LogP contribution in [0.2, 0.25) is 0 Å². The van der Waals surface area contributed by atoms with Gasteiger partial charge in [0.2, 0.25) is 5.79 Å². The summed E-state index contributed by atoms with van der Waals surface area (Å²) in [6.07, 6.45) is 3.73. The van der Waals surface area contributed by atoms with Crippen LogP contribution in [0.15, 0.2) is 12.3 Å². The Balaban J connectivity index is 2.08. The largest absolute Gasteiger partial charge is 0.490 e. The number of hydrogen-bond acceptors (Lipinski definition) is 6. The highest BCUT2D eigenvalue weighted by Gasteiger charge is 2.60. The second-order valence-electron chi connectivity index (χ2n) is 7.08. The molecule has 6 nitrogen and oxygen atoms in total. The van der Waals surface area contributed by atoms with Crippen LogP contribution in [0.4, 0.5) is 0 Å². The molecule has 0 aromatic carbocycles. The summed E-state index contributed by atoms with van der Waals surface area (Å²) in [7, 11) is 1.55. The molecule has 2 aliphatic rings. The zero-order chi connectivity index (χ0) is 17.1. The SMILES string of the molecule is CO[C@@H]1[C@H](O)CO[C@]2(COC(C)(C)O2)[C@@H]1O/C=C/CCC(C)C. The van der Waals surface area contributed by atoms with Crippen molar-refractivity contribution in [3.8, 4) is 0 Å². The average Bonchev–Trinajstić information content (AvgIpc) is 2.78. The third-order valence-electron chi connectivity index (χ3n) is 4.15. The van der Waals surface area contributed by atoms with E-state index in [2.05, 4.69) is 13.8 Å². The van der Waals surface area contributed by atoms with Gasteiger partial charge in [-0.25, -0.2) is 0 Å². The fraction of sp³-hybridized carbons (Fsp3) is 0.882. The molecule has 0 aromatic rings. The van der Waals surface area contributed by atoms with E-state index in [9.17, 15) is 5.11 Å². The van der Waals surface area contributed by atoms with Gasteiger partial charge in [-0.3, -0.25) is 0 Å². The van der Waals surface area contributed by atoms with E-state index in [-0.39, 0.29) is 13.2 Å². The van der Waals surface area contributed by atoms with Gasteiger partial charge in [0.15, 0.2) is 11.9 Å². The van der Waals surface area contributed by atoms with Crippen molar-refractivity contribution >= 4 is 0 Å². The lowest BCUT2D eigenvalue weighted by molar-refractivity contribution is -0.340. The molecule has 1 N–H and O–H groups in total. The highest BCUT2D eigenvalue weighted by Crippen LogP contribution is 2.40. The van der Waals surface area contributed by atoms with Crippen LogP contribution in [0.1, 0.15) is 40.5 Å². The highest BCUT2D eigenvalue weighted by atomic mass is 16.8. The Labute approximate surface area is 138 Å². The van der Waals surface area contributed by atoms with E-state index in [1.54, 1.807) is 13.4 Å². The standard InChI is InChI=1S/C17H30O6/c1-12(2)8-6-7-9-20-15-14(19-5)13(18)10-21-17(15)11-22-16(3,4)23-17/h7,9,12-15,18H,6,8,10-11H2,1-5H3/b9-7+/t13-,14-,15-,17+/m1/s1. The fourth-order valence-corrected chi connectivity index (χ4v) is 2.92. The third kappa shape index (κ3) is 4.45. The smallest absolute Gasteiger partial charge is 0.235 e. The monoisotopic (exact) mass is 330 g/mol. The first-order chi connectivity index (χ1) is 10.8. The fourth-order valence-electron chi connectivity index (χ4n) is 2.92. The lowest BCUT2D eigenvalue weighted by atomic mass is 9.97. The molecule has 2 saturated heterocycles. The van der Waals surface area contributed by atoms with Crippen molar-refractivity contribution < 1.29 is 28.8 Å². The molecular formula is C17H30O6. The molecule has 2 heterocycles. The molecule has 4 atom stereocenters. The number of hydrogen-bond donors (Lipinski definition) is 1. The Hall–Kier alpha value is -0.660. The van der Waals surface area contributed by atoms with Gasteiger partial charge >= 0.3 is 0 Å². The summed E-state index contributed by atoms with van der Waals surface area (Å²) < 4.78 is 28.7. The minimum Gasteiger partial charge on any atom is -0.490 e. The predicted molar refractivity (Wildman–Crippen MR) is 84.7 cm³/mol. The Kier molecular flexibility index (Phi) is 6.08. The van der Waals surface area contributed by atoms with Gasteiger partial charge in [-0.2, -0.15) is 0 Å². The van der Waals surface area contributed by atoms with Crippen molar-refractivity contribution in [3.05, 3.63) is 12.3 Å². The first kappa shape index (κ1) is 18.7. The summed E-state index contributed by atoms with van der Waals surface area (Å²) in [5.74, 6) is -1.18. The maximum atomic E-state index is 10.1. The molecule has 0 aromatic heterocycles. The number of ether oxygens (including phenoxy) is 5. The normalized spacial score (nSPS) is 37.1. The van der Waals surface area contributed by atoms with Crippen LogP contribution in [-0.2, 0) is 23.7 Å². The lowest BCUT2D eigenvalue weighted by Gasteiger charge is -2.44. The van der Waals surface area contributed by atoms with Gasteiger partial charge in [0, 0.05) is 7.11 Å². The molecule has 134 valence electrons. The van der Waals surface area contributed by atoms with E-state index < -0.39 is 29.9 Å². The molecule has 0 amide bonds. The Bertz CT molecular complexity index is 408. The van der Waals surface area contributed by atoms with Crippen LogP contribution in [0.3, 0.4) is 0 Å². The lowest BCUT2D eigenvalue weighted by Crippen LogP contribution is -2.63. The quantitative estimate of drug-likeness (QED) is 0.753. The topological polar surface area (TPSA) is 66.4 Å². The maximum Gasteiger partial charge on any atom is 0.235 e. The summed E-state index contributed by atoms with van der Waals surface area (Å²) in [6, 6.07) is 0. The van der Waals surface area contributed by atoms with Gasteiger partial charge in [0.05, 0.1) is 12.9 Å². The number of rotatable bonds is 6. The molecule has 0 unspecified atom stereocenters. The molecule has 0 radical (unpaired) electrons. The summed E-state index contributed by atoms with van der Waals surface area (Å²) in [6.45, 7) is 8.37. The first-order valence-corrected chi connectivity index (χ1v) is 8.29.